The van der Waals surface area contributed by atoms with Crippen molar-refractivity contribution in [2.45, 2.75) is 11.3 Å². The van der Waals surface area contributed by atoms with Crippen molar-refractivity contribution in [2.75, 3.05) is 26.2 Å². The quantitative estimate of drug-likeness (QED) is 0.798. The van der Waals surface area contributed by atoms with E-state index >= 15 is 0 Å². The van der Waals surface area contributed by atoms with Crippen molar-refractivity contribution < 1.29 is 17.6 Å². The minimum Gasteiger partial charge on any atom is -0.340 e. The molecule has 0 spiro atoms. The summed E-state index contributed by atoms with van der Waals surface area (Å²) in [5.74, 6) is -0.884. The van der Waals surface area contributed by atoms with Gasteiger partial charge in [-0.15, -0.1) is 0 Å². The fourth-order valence-corrected chi connectivity index (χ4v) is 4.58. The van der Waals surface area contributed by atoms with Gasteiger partial charge >= 0.3 is 0 Å². The van der Waals surface area contributed by atoms with Crippen molar-refractivity contribution >= 4 is 27.5 Å². The van der Waals surface area contributed by atoms with E-state index in [0.717, 1.165) is 11.6 Å². The highest BCUT2D eigenvalue weighted by atomic mass is 35.5. The van der Waals surface area contributed by atoms with Gasteiger partial charge in [-0.3, -0.25) is 4.79 Å². The molecular weight excluding hydrogens is 379 g/mol. The molecule has 0 N–H and O–H groups in total. The van der Waals surface area contributed by atoms with Crippen LogP contribution in [0.5, 0.6) is 0 Å². The van der Waals surface area contributed by atoms with Crippen LogP contribution in [0.4, 0.5) is 4.39 Å². The van der Waals surface area contributed by atoms with Crippen LogP contribution in [0.2, 0.25) is 5.02 Å². The zero-order valence-electron chi connectivity index (χ0n) is 13.9. The number of nitrogens with zero attached hydrogens (tertiary/aromatic N) is 2. The number of amides is 1. The molecule has 26 heavy (non-hydrogen) atoms. The first-order valence-electron chi connectivity index (χ1n) is 8.15. The van der Waals surface area contributed by atoms with Crippen LogP contribution < -0.4 is 0 Å². The summed E-state index contributed by atoms with van der Waals surface area (Å²) >= 11 is 6.08. The van der Waals surface area contributed by atoms with Gasteiger partial charge in [0.25, 0.3) is 0 Å². The Balaban J connectivity index is 1.65. The molecule has 1 aliphatic rings. The van der Waals surface area contributed by atoms with E-state index in [4.69, 9.17) is 11.6 Å². The molecule has 3 rings (SSSR count). The molecule has 0 bridgehead atoms. The first kappa shape index (κ1) is 18.8. The standard InChI is InChI=1S/C18H18ClFN2O3S/c19-15-6-2-1-5-14(15)13-18(23)21-9-11-22(12-10-21)26(24,25)17-8-4-3-7-16(17)20/h1-8H,9-13H2. The van der Waals surface area contributed by atoms with E-state index in [0.29, 0.717) is 5.02 Å². The van der Waals surface area contributed by atoms with Gasteiger partial charge in [0.1, 0.15) is 10.7 Å². The van der Waals surface area contributed by atoms with Crippen LogP contribution in [0.3, 0.4) is 0 Å². The molecule has 0 unspecified atom stereocenters. The van der Waals surface area contributed by atoms with Gasteiger partial charge in [-0.2, -0.15) is 4.31 Å². The van der Waals surface area contributed by atoms with Crippen LogP contribution in [0.1, 0.15) is 5.56 Å². The molecule has 0 saturated carbocycles. The second-order valence-corrected chi connectivity index (χ2v) is 8.30. The molecular formula is C18H18ClFN2O3S. The maximum atomic E-state index is 13.8. The third kappa shape index (κ3) is 3.90. The fourth-order valence-electron chi connectivity index (χ4n) is 2.89. The van der Waals surface area contributed by atoms with Crippen LogP contribution >= 0.6 is 11.6 Å². The summed E-state index contributed by atoms with van der Waals surface area (Å²) in [6, 6.07) is 12.4. The lowest BCUT2D eigenvalue weighted by atomic mass is 10.1. The zero-order valence-corrected chi connectivity index (χ0v) is 15.5. The number of piperazine rings is 1. The van der Waals surface area contributed by atoms with Gasteiger partial charge in [0.2, 0.25) is 15.9 Å². The van der Waals surface area contributed by atoms with Gasteiger partial charge in [-0.1, -0.05) is 41.9 Å². The lowest BCUT2D eigenvalue weighted by molar-refractivity contribution is -0.131. The molecule has 2 aromatic rings. The van der Waals surface area contributed by atoms with Crippen LogP contribution in [0, 0.1) is 5.82 Å². The molecule has 5 nitrogen and oxygen atoms in total. The first-order chi connectivity index (χ1) is 12.4. The van der Waals surface area contributed by atoms with Crippen molar-refractivity contribution in [3.63, 3.8) is 0 Å². The first-order valence-corrected chi connectivity index (χ1v) is 9.97. The largest absolute Gasteiger partial charge is 0.340 e. The Morgan fingerprint density at radius 3 is 2.27 bits per heavy atom. The number of benzene rings is 2. The third-order valence-electron chi connectivity index (χ3n) is 4.35. The lowest BCUT2D eigenvalue weighted by Crippen LogP contribution is -2.51. The van der Waals surface area contributed by atoms with Gasteiger partial charge in [0.05, 0.1) is 6.42 Å². The summed E-state index contributed by atoms with van der Waals surface area (Å²) in [4.78, 5) is 13.7. The van der Waals surface area contributed by atoms with Crippen molar-refractivity contribution in [1.29, 1.82) is 0 Å². The van der Waals surface area contributed by atoms with Gasteiger partial charge in [0.15, 0.2) is 0 Å². The van der Waals surface area contributed by atoms with Crippen molar-refractivity contribution in [2.24, 2.45) is 0 Å². The Bertz CT molecular complexity index is 912. The summed E-state index contributed by atoms with van der Waals surface area (Å²) < 4.78 is 40.2. The molecule has 8 heteroatoms. The van der Waals surface area contributed by atoms with Crippen molar-refractivity contribution in [1.82, 2.24) is 9.21 Å². The number of hydrogen-bond acceptors (Lipinski definition) is 3. The normalized spacial score (nSPS) is 15.8. The average molecular weight is 397 g/mol. The molecule has 1 fully saturated rings. The third-order valence-corrected chi connectivity index (χ3v) is 6.65. The SMILES string of the molecule is O=C(Cc1ccccc1Cl)N1CCN(S(=O)(=O)c2ccccc2F)CC1. The van der Waals surface area contributed by atoms with Crippen molar-refractivity contribution in [3.8, 4) is 0 Å². The summed E-state index contributed by atoms with van der Waals surface area (Å²) in [7, 11) is -3.91. The monoisotopic (exact) mass is 396 g/mol. The van der Waals surface area contributed by atoms with Gasteiger partial charge < -0.3 is 4.90 Å². The van der Waals surface area contributed by atoms with Crippen LogP contribution in [0.25, 0.3) is 0 Å². The van der Waals surface area contributed by atoms with E-state index in [1.807, 2.05) is 6.07 Å². The molecule has 1 amide bonds. The Morgan fingerprint density at radius 1 is 1.00 bits per heavy atom. The predicted molar refractivity (Wildman–Crippen MR) is 96.9 cm³/mol. The number of hydrogen-bond donors (Lipinski definition) is 0. The van der Waals surface area contributed by atoms with E-state index in [2.05, 4.69) is 0 Å². The maximum Gasteiger partial charge on any atom is 0.246 e. The summed E-state index contributed by atoms with van der Waals surface area (Å²) in [5.41, 5.74) is 0.737. The maximum absolute atomic E-state index is 13.8. The number of rotatable bonds is 4. The summed E-state index contributed by atoms with van der Waals surface area (Å²) in [6.07, 6.45) is 0.166. The highest BCUT2D eigenvalue weighted by molar-refractivity contribution is 7.89. The molecule has 0 aromatic heterocycles. The number of carbonyl (C=O) groups is 1. The van der Waals surface area contributed by atoms with E-state index in [1.165, 1.54) is 22.5 Å². The summed E-state index contributed by atoms with van der Waals surface area (Å²) in [6.45, 7) is 0.782. The number of halogens is 2. The molecule has 0 atom stereocenters. The minimum absolute atomic E-state index is 0.110. The topological polar surface area (TPSA) is 57.7 Å². The van der Waals surface area contributed by atoms with Crippen LogP contribution in [0.15, 0.2) is 53.4 Å². The lowest BCUT2D eigenvalue weighted by Gasteiger charge is -2.34. The number of sulfonamides is 1. The molecule has 0 aliphatic carbocycles. The fraction of sp³-hybridized carbons (Fsp3) is 0.278. The van der Waals surface area contributed by atoms with Gasteiger partial charge in [-0.25, -0.2) is 12.8 Å². The Kier molecular flexibility index (Phi) is 5.60. The second kappa shape index (κ2) is 7.73. The minimum atomic E-state index is -3.91. The molecule has 1 saturated heterocycles. The molecule has 1 aliphatic heterocycles. The van der Waals surface area contributed by atoms with Crippen LogP contribution in [-0.4, -0.2) is 49.7 Å². The zero-order chi connectivity index (χ0) is 18.7. The Hall–Kier alpha value is -1.96. The highest BCUT2D eigenvalue weighted by Gasteiger charge is 2.31. The van der Waals surface area contributed by atoms with E-state index in [1.54, 1.807) is 23.1 Å². The van der Waals surface area contributed by atoms with Crippen LogP contribution in [-0.2, 0) is 21.2 Å². The van der Waals surface area contributed by atoms with Crippen molar-refractivity contribution in [3.05, 3.63) is 64.9 Å². The molecule has 138 valence electrons. The second-order valence-electron chi connectivity index (χ2n) is 5.98. The molecule has 1 heterocycles. The predicted octanol–water partition coefficient (Wildman–Crippen LogP) is 2.55. The van der Waals surface area contributed by atoms with Gasteiger partial charge in [-0.05, 0) is 23.8 Å². The van der Waals surface area contributed by atoms with E-state index in [-0.39, 0.29) is 43.4 Å². The van der Waals surface area contributed by atoms with E-state index < -0.39 is 15.8 Å². The smallest absolute Gasteiger partial charge is 0.246 e. The summed E-state index contributed by atoms with van der Waals surface area (Å²) in [5, 5.41) is 0.529. The molecule has 0 radical (unpaired) electrons. The highest BCUT2D eigenvalue weighted by Crippen LogP contribution is 2.21. The Morgan fingerprint density at radius 2 is 1.62 bits per heavy atom. The average Bonchev–Trinajstić information content (AvgIpc) is 2.64. The van der Waals surface area contributed by atoms with E-state index in [9.17, 15) is 17.6 Å². The van der Waals surface area contributed by atoms with Gasteiger partial charge in [0, 0.05) is 31.2 Å². The Labute approximate surface area is 157 Å². The molecule has 2 aromatic carbocycles. The number of carbonyl (C=O) groups excluding carboxylic acids is 1.